The molecule has 7 nitrogen and oxygen atoms in total. The van der Waals surface area contributed by atoms with Crippen LogP contribution in [0.1, 0.15) is 11.1 Å². The zero-order chi connectivity index (χ0) is 23.8. The van der Waals surface area contributed by atoms with E-state index in [-0.39, 0.29) is 15.7 Å². The first kappa shape index (κ1) is 24.6. The molecule has 0 aliphatic heterocycles. The van der Waals surface area contributed by atoms with E-state index in [1.807, 2.05) is 42.5 Å². The van der Waals surface area contributed by atoms with E-state index in [1.165, 1.54) is 24.4 Å². The van der Waals surface area contributed by atoms with Gasteiger partial charge >= 0.3 is 0 Å². The van der Waals surface area contributed by atoms with Gasteiger partial charge in [-0.2, -0.15) is 5.10 Å². The van der Waals surface area contributed by atoms with Crippen molar-refractivity contribution in [1.29, 1.82) is 0 Å². The Labute approximate surface area is 202 Å². The van der Waals surface area contributed by atoms with Crippen molar-refractivity contribution in [3.63, 3.8) is 0 Å². The first-order chi connectivity index (χ1) is 15.7. The third-order valence-corrected chi connectivity index (χ3v) is 6.31. The van der Waals surface area contributed by atoms with Crippen molar-refractivity contribution < 1.29 is 17.9 Å². The number of anilines is 1. The predicted molar refractivity (Wildman–Crippen MR) is 132 cm³/mol. The average Bonchev–Trinajstić information content (AvgIpc) is 2.79. The minimum Gasteiger partial charge on any atom is -0.488 e. The number of hydrazone groups is 1. The number of nitrogens with one attached hydrogen (secondary N) is 1. The second-order valence-electron chi connectivity index (χ2n) is 6.97. The van der Waals surface area contributed by atoms with Crippen molar-refractivity contribution in [2.75, 3.05) is 17.1 Å². The van der Waals surface area contributed by atoms with Crippen LogP contribution in [-0.2, 0) is 21.4 Å². The molecule has 0 aliphatic rings. The first-order valence-electron chi connectivity index (χ1n) is 9.74. The largest absolute Gasteiger partial charge is 0.488 e. The highest BCUT2D eigenvalue weighted by Crippen LogP contribution is 2.28. The van der Waals surface area contributed by atoms with Gasteiger partial charge in [-0.3, -0.25) is 9.10 Å². The van der Waals surface area contributed by atoms with Gasteiger partial charge < -0.3 is 4.74 Å². The Morgan fingerprint density at radius 3 is 2.42 bits per heavy atom. The van der Waals surface area contributed by atoms with E-state index < -0.39 is 22.5 Å². The summed E-state index contributed by atoms with van der Waals surface area (Å²) in [6.07, 6.45) is 2.43. The normalized spacial score (nSPS) is 11.4. The maximum Gasteiger partial charge on any atom is 0.260 e. The van der Waals surface area contributed by atoms with Crippen LogP contribution in [0.4, 0.5) is 5.69 Å². The molecule has 0 radical (unpaired) electrons. The number of carbonyl (C=O) groups is 1. The highest BCUT2D eigenvalue weighted by atomic mass is 35.5. The lowest BCUT2D eigenvalue weighted by Crippen LogP contribution is -2.39. The van der Waals surface area contributed by atoms with Crippen LogP contribution in [-0.4, -0.2) is 33.3 Å². The van der Waals surface area contributed by atoms with Crippen molar-refractivity contribution in [2.45, 2.75) is 6.61 Å². The van der Waals surface area contributed by atoms with Crippen LogP contribution in [0, 0.1) is 0 Å². The Morgan fingerprint density at radius 2 is 1.73 bits per heavy atom. The molecule has 1 amide bonds. The van der Waals surface area contributed by atoms with Gasteiger partial charge in [0.25, 0.3) is 5.91 Å². The third kappa shape index (κ3) is 7.21. The summed E-state index contributed by atoms with van der Waals surface area (Å²) in [4.78, 5) is 12.4. The van der Waals surface area contributed by atoms with Gasteiger partial charge in [-0.25, -0.2) is 13.8 Å². The number of ether oxygens (including phenoxy) is 1. The van der Waals surface area contributed by atoms with E-state index in [4.69, 9.17) is 27.9 Å². The molecule has 172 valence electrons. The highest BCUT2D eigenvalue weighted by Gasteiger charge is 2.21. The van der Waals surface area contributed by atoms with Gasteiger partial charge in [0, 0.05) is 5.56 Å². The molecule has 3 aromatic rings. The van der Waals surface area contributed by atoms with E-state index in [1.54, 1.807) is 12.1 Å². The second kappa shape index (κ2) is 11.2. The maximum absolute atomic E-state index is 12.4. The predicted octanol–water partition coefficient (Wildman–Crippen LogP) is 4.49. The van der Waals surface area contributed by atoms with E-state index in [2.05, 4.69) is 10.5 Å². The number of rotatable bonds is 9. The number of hydrogen-bond acceptors (Lipinski definition) is 5. The number of halogens is 2. The van der Waals surface area contributed by atoms with Crippen LogP contribution in [0.5, 0.6) is 5.75 Å². The number of sulfonamides is 1. The minimum atomic E-state index is -3.76. The smallest absolute Gasteiger partial charge is 0.260 e. The molecule has 10 heteroatoms. The van der Waals surface area contributed by atoms with E-state index in [9.17, 15) is 13.2 Å². The summed E-state index contributed by atoms with van der Waals surface area (Å²) in [5.74, 6) is -0.0432. The molecule has 0 unspecified atom stereocenters. The molecule has 1 N–H and O–H groups in total. The van der Waals surface area contributed by atoms with E-state index >= 15 is 0 Å². The standard InChI is InChI=1S/C23H21Cl2N3O4S/c1-33(30,31)28(19-11-12-20(24)21(25)13-19)15-23(29)27-26-14-18-9-5-6-10-22(18)32-16-17-7-3-2-4-8-17/h2-14H,15-16H2,1H3,(H,27,29)/b26-14-. The number of benzene rings is 3. The van der Waals surface area contributed by atoms with Crippen LogP contribution in [0.3, 0.4) is 0 Å². The monoisotopic (exact) mass is 505 g/mol. The van der Waals surface area contributed by atoms with Gasteiger partial charge in [0.15, 0.2) is 0 Å². The zero-order valence-electron chi connectivity index (χ0n) is 17.6. The SMILES string of the molecule is CS(=O)(=O)N(CC(=O)N/N=C\c1ccccc1OCc1ccccc1)c1ccc(Cl)c(Cl)c1. The topological polar surface area (TPSA) is 88.1 Å². The summed E-state index contributed by atoms with van der Waals surface area (Å²) in [6, 6.07) is 21.2. The molecule has 3 rings (SSSR count). The molecule has 0 aliphatic carbocycles. The number of amides is 1. The molecule has 0 fully saturated rings. The van der Waals surface area contributed by atoms with Gasteiger partial charge in [0.1, 0.15) is 18.9 Å². The van der Waals surface area contributed by atoms with Crippen LogP contribution in [0.25, 0.3) is 0 Å². The molecule has 0 atom stereocenters. The Kier molecular flexibility index (Phi) is 8.32. The summed E-state index contributed by atoms with van der Waals surface area (Å²) in [6.45, 7) is -0.106. The molecule has 0 saturated heterocycles. The number of nitrogens with zero attached hydrogens (tertiary/aromatic N) is 2. The Bertz CT molecular complexity index is 1250. The fraction of sp³-hybridized carbons (Fsp3) is 0.130. The summed E-state index contributed by atoms with van der Waals surface area (Å²) in [5, 5.41) is 4.39. The van der Waals surface area contributed by atoms with Gasteiger partial charge in [-0.05, 0) is 35.9 Å². The fourth-order valence-corrected chi connectivity index (χ4v) is 3.97. The summed E-state index contributed by atoms with van der Waals surface area (Å²) >= 11 is 11.9. The average molecular weight is 506 g/mol. The minimum absolute atomic E-state index is 0.174. The Morgan fingerprint density at radius 1 is 1.03 bits per heavy atom. The number of hydrogen-bond donors (Lipinski definition) is 1. The van der Waals surface area contributed by atoms with E-state index in [0.717, 1.165) is 16.1 Å². The summed E-state index contributed by atoms with van der Waals surface area (Å²) < 4.78 is 31.2. The number of para-hydroxylation sites is 1. The highest BCUT2D eigenvalue weighted by molar-refractivity contribution is 7.92. The molecular formula is C23H21Cl2N3O4S. The van der Waals surface area contributed by atoms with Gasteiger partial charge in [-0.1, -0.05) is 65.7 Å². The lowest BCUT2D eigenvalue weighted by molar-refractivity contribution is -0.119. The Hall–Kier alpha value is -3.07. The maximum atomic E-state index is 12.4. The third-order valence-electron chi connectivity index (χ3n) is 4.43. The van der Waals surface area contributed by atoms with Crippen LogP contribution < -0.4 is 14.5 Å². The Balaban J connectivity index is 1.66. The van der Waals surface area contributed by atoms with Crippen molar-refractivity contribution in [3.05, 3.63) is 94.0 Å². The van der Waals surface area contributed by atoms with Crippen molar-refractivity contribution in [3.8, 4) is 5.75 Å². The summed E-state index contributed by atoms with van der Waals surface area (Å²) in [7, 11) is -3.76. The van der Waals surface area contributed by atoms with Gasteiger partial charge in [0.05, 0.1) is 28.2 Å². The molecular weight excluding hydrogens is 485 g/mol. The quantitative estimate of drug-likeness (QED) is 0.342. The molecule has 0 aromatic heterocycles. The molecule has 0 bridgehead atoms. The zero-order valence-corrected chi connectivity index (χ0v) is 19.9. The van der Waals surface area contributed by atoms with Crippen LogP contribution in [0.15, 0.2) is 77.9 Å². The van der Waals surface area contributed by atoms with Crippen molar-refractivity contribution >= 4 is 51.0 Å². The van der Waals surface area contributed by atoms with Crippen LogP contribution >= 0.6 is 23.2 Å². The molecule has 33 heavy (non-hydrogen) atoms. The molecule has 0 saturated carbocycles. The van der Waals surface area contributed by atoms with E-state index in [0.29, 0.717) is 17.9 Å². The summed E-state index contributed by atoms with van der Waals surface area (Å²) in [5.41, 5.74) is 4.22. The molecule has 0 spiro atoms. The van der Waals surface area contributed by atoms with Gasteiger partial charge in [-0.15, -0.1) is 0 Å². The lowest BCUT2D eigenvalue weighted by Gasteiger charge is -2.21. The number of carbonyl (C=O) groups excluding carboxylic acids is 1. The molecule has 3 aromatic carbocycles. The molecule has 0 heterocycles. The fourth-order valence-electron chi connectivity index (χ4n) is 2.83. The lowest BCUT2D eigenvalue weighted by atomic mass is 10.2. The second-order valence-corrected chi connectivity index (χ2v) is 9.69. The van der Waals surface area contributed by atoms with Crippen molar-refractivity contribution in [1.82, 2.24) is 5.43 Å². The van der Waals surface area contributed by atoms with Crippen LogP contribution in [0.2, 0.25) is 10.0 Å². The van der Waals surface area contributed by atoms with Crippen molar-refractivity contribution in [2.24, 2.45) is 5.10 Å². The first-order valence-corrected chi connectivity index (χ1v) is 12.3. The van der Waals surface area contributed by atoms with Gasteiger partial charge in [0.2, 0.25) is 10.0 Å².